The van der Waals surface area contributed by atoms with E-state index < -0.39 is 5.92 Å². The van der Waals surface area contributed by atoms with Crippen LogP contribution in [0.25, 0.3) is 0 Å². The quantitative estimate of drug-likeness (QED) is 0.534. The fraction of sp³-hybridized carbons (Fsp3) is 0.364. The third-order valence-corrected chi connectivity index (χ3v) is 5.45. The van der Waals surface area contributed by atoms with E-state index in [0.717, 1.165) is 68.4 Å². The Bertz CT molecular complexity index is 879. The predicted octanol–water partition coefficient (Wildman–Crippen LogP) is 3.91. The number of nitrogens with one attached hydrogen (secondary N) is 2. The highest BCUT2D eigenvalue weighted by atomic mass is 35.5. The maximum absolute atomic E-state index is 12.2. The molecule has 7 heteroatoms. The lowest BCUT2D eigenvalue weighted by atomic mass is 10.0. The number of morpholine rings is 1. The maximum Gasteiger partial charge on any atom is 0.237 e. The number of carbonyl (C=O) groups is 1. The zero-order valence-corrected chi connectivity index (χ0v) is 17.0. The van der Waals surface area contributed by atoms with Crippen LogP contribution in [-0.2, 0) is 9.53 Å². The second-order valence-electron chi connectivity index (χ2n) is 7.26. The molecule has 152 valence electrons. The molecule has 2 aliphatic rings. The van der Waals surface area contributed by atoms with Gasteiger partial charge in [-0.25, -0.2) is 0 Å². The molecule has 0 radical (unpaired) electrons. The van der Waals surface area contributed by atoms with Crippen LogP contribution in [0.1, 0.15) is 17.9 Å². The number of rotatable bonds is 7. The topological polar surface area (TPSA) is 66.0 Å². The van der Waals surface area contributed by atoms with Crippen molar-refractivity contribution in [2.75, 3.05) is 50.0 Å². The van der Waals surface area contributed by atoms with Crippen molar-refractivity contribution in [2.24, 2.45) is 4.99 Å². The lowest BCUT2D eigenvalue weighted by Gasteiger charge is -2.26. The second kappa shape index (κ2) is 9.39. The Balaban J connectivity index is 1.28. The molecule has 0 aromatic heterocycles. The summed E-state index contributed by atoms with van der Waals surface area (Å²) in [5, 5.41) is 6.92. The van der Waals surface area contributed by atoms with E-state index in [1.54, 1.807) is 12.3 Å². The Morgan fingerprint density at radius 3 is 2.79 bits per heavy atom. The molecule has 0 spiro atoms. The molecule has 0 aliphatic carbocycles. The summed E-state index contributed by atoms with van der Waals surface area (Å²) in [5.74, 6) is -0.494. The van der Waals surface area contributed by atoms with E-state index in [0.29, 0.717) is 5.02 Å². The van der Waals surface area contributed by atoms with Gasteiger partial charge in [0.15, 0.2) is 0 Å². The number of benzene rings is 2. The number of carbonyl (C=O) groups excluding carboxylic acids is 1. The summed E-state index contributed by atoms with van der Waals surface area (Å²) < 4.78 is 5.37. The number of ether oxygens (including phenoxy) is 1. The highest BCUT2D eigenvalue weighted by Crippen LogP contribution is 2.33. The van der Waals surface area contributed by atoms with Crippen LogP contribution in [-0.4, -0.2) is 56.4 Å². The molecule has 1 fully saturated rings. The van der Waals surface area contributed by atoms with E-state index in [1.807, 2.05) is 36.4 Å². The molecule has 29 heavy (non-hydrogen) atoms. The molecular weight excluding hydrogens is 388 g/mol. The average molecular weight is 413 g/mol. The number of aliphatic imine (C=N–C) groups is 1. The van der Waals surface area contributed by atoms with Gasteiger partial charge in [-0.15, -0.1) is 0 Å². The first kappa shape index (κ1) is 19.9. The fourth-order valence-electron chi connectivity index (χ4n) is 3.59. The summed E-state index contributed by atoms with van der Waals surface area (Å²) in [4.78, 5) is 19.1. The molecular formula is C22H25ClN4O2. The first-order valence-electron chi connectivity index (χ1n) is 9.97. The van der Waals surface area contributed by atoms with Gasteiger partial charge >= 0.3 is 0 Å². The van der Waals surface area contributed by atoms with E-state index in [4.69, 9.17) is 16.3 Å². The largest absolute Gasteiger partial charge is 0.385 e. The lowest BCUT2D eigenvalue weighted by molar-refractivity contribution is -0.115. The maximum atomic E-state index is 12.2. The first-order valence-corrected chi connectivity index (χ1v) is 10.4. The lowest BCUT2D eigenvalue weighted by Crippen LogP contribution is -2.37. The Hall–Kier alpha value is -2.41. The van der Waals surface area contributed by atoms with E-state index in [2.05, 4.69) is 20.5 Å². The van der Waals surface area contributed by atoms with Gasteiger partial charge in [0.2, 0.25) is 5.91 Å². The number of nitrogens with zero attached hydrogens (tertiary/aromatic N) is 2. The third-order valence-electron chi connectivity index (χ3n) is 5.21. The number of anilines is 2. The van der Waals surface area contributed by atoms with Gasteiger partial charge in [0.1, 0.15) is 5.92 Å². The van der Waals surface area contributed by atoms with Crippen LogP contribution in [0.15, 0.2) is 47.5 Å². The molecule has 1 amide bonds. The SMILES string of the molecule is O=C1Nc2ccc(Cl)cc2C1C=Nc1ccc(NCCCN2CCOCC2)cc1. The van der Waals surface area contributed by atoms with Crippen molar-refractivity contribution < 1.29 is 9.53 Å². The van der Waals surface area contributed by atoms with E-state index >= 15 is 0 Å². The summed E-state index contributed by atoms with van der Waals surface area (Å²) in [5.41, 5.74) is 3.55. The number of hydrogen-bond acceptors (Lipinski definition) is 5. The van der Waals surface area contributed by atoms with Crippen molar-refractivity contribution in [2.45, 2.75) is 12.3 Å². The van der Waals surface area contributed by atoms with E-state index in [9.17, 15) is 4.79 Å². The fourth-order valence-corrected chi connectivity index (χ4v) is 3.77. The number of halogens is 1. The summed E-state index contributed by atoms with van der Waals surface area (Å²) in [6.07, 6.45) is 2.78. The van der Waals surface area contributed by atoms with Crippen LogP contribution in [0.4, 0.5) is 17.1 Å². The molecule has 0 bridgehead atoms. The Morgan fingerprint density at radius 2 is 2.00 bits per heavy atom. The van der Waals surface area contributed by atoms with Crippen molar-refractivity contribution >= 4 is 40.8 Å². The summed E-state index contributed by atoms with van der Waals surface area (Å²) in [6, 6.07) is 13.3. The standard InChI is InChI=1S/C22H25ClN4O2/c23-16-2-7-21-19(14-16)20(22(28)26-21)15-25-18-5-3-17(4-6-18)24-8-1-9-27-10-12-29-13-11-27/h2-7,14-15,20,24H,1,8-13H2,(H,26,28). The van der Waals surface area contributed by atoms with Crippen LogP contribution in [0, 0.1) is 0 Å². The summed E-state index contributed by atoms with van der Waals surface area (Å²) >= 11 is 6.07. The van der Waals surface area contributed by atoms with Crippen molar-refractivity contribution in [1.29, 1.82) is 0 Å². The van der Waals surface area contributed by atoms with Crippen molar-refractivity contribution in [3.8, 4) is 0 Å². The average Bonchev–Trinajstić information content (AvgIpc) is 3.05. The van der Waals surface area contributed by atoms with Gasteiger partial charge in [-0.3, -0.25) is 14.7 Å². The van der Waals surface area contributed by atoms with Crippen molar-refractivity contribution in [1.82, 2.24) is 4.90 Å². The molecule has 6 nitrogen and oxygen atoms in total. The number of hydrogen-bond donors (Lipinski definition) is 2. The zero-order chi connectivity index (χ0) is 20.1. The predicted molar refractivity (Wildman–Crippen MR) is 118 cm³/mol. The van der Waals surface area contributed by atoms with Crippen LogP contribution in [0.2, 0.25) is 5.02 Å². The second-order valence-corrected chi connectivity index (χ2v) is 7.69. The number of fused-ring (bicyclic) bond motifs is 1. The van der Waals surface area contributed by atoms with Gasteiger partial charge in [-0.2, -0.15) is 0 Å². The Kier molecular flexibility index (Phi) is 6.44. The third kappa shape index (κ3) is 5.15. The van der Waals surface area contributed by atoms with Gasteiger partial charge in [0, 0.05) is 42.2 Å². The molecule has 1 saturated heterocycles. The molecule has 2 aromatic carbocycles. The summed E-state index contributed by atoms with van der Waals surface area (Å²) in [7, 11) is 0. The molecule has 2 aromatic rings. The van der Waals surface area contributed by atoms with Crippen molar-refractivity contribution in [3.05, 3.63) is 53.1 Å². The highest BCUT2D eigenvalue weighted by Gasteiger charge is 2.29. The first-order chi connectivity index (χ1) is 14.2. The minimum absolute atomic E-state index is 0.0791. The van der Waals surface area contributed by atoms with Crippen molar-refractivity contribution in [3.63, 3.8) is 0 Å². The van der Waals surface area contributed by atoms with Gasteiger partial charge in [0.25, 0.3) is 0 Å². The molecule has 2 heterocycles. The Morgan fingerprint density at radius 1 is 1.21 bits per heavy atom. The van der Waals surface area contributed by atoms with Gasteiger partial charge in [0.05, 0.1) is 18.9 Å². The van der Waals surface area contributed by atoms with Gasteiger partial charge in [-0.1, -0.05) is 11.6 Å². The summed E-state index contributed by atoms with van der Waals surface area (Å²) in [6.45, 7) is 5.77. The highest BCUT2D eigenvalue weighted by molar-refractivity contribution is 6.31. The van der Waals surface area contributed by atoms with Crippen LogP contribution in [0.5, 0.6) is 0 Å². The Labute approximate surface area is 175 Å². The number of amides is 1. The molecule has 2 N–H and O–H groups in total. The molecule has 1 atom stereocenters. The monoisotopic (exact) mass is 412 g/mol. The molecule has 0 saturated carbocycles. The minimum Gasteiger partial charge on any atom is -0.385 e. The molecule has 1 unspecified atom stereocenters. The van der Waals surface area contributed by atoms with E-state index in [1.165, 1.54) is 0 Å². The van der Waals surface area contributed by atoms with E-state index in [-0.39, 0.29) is 5.91 Å². The molecule has 2 aliphatic heterocycles. The zero-order valence-electron chi connectivity index (χ0n) is 16.2. The van der Waals surface area contributed by atoms with Gasteiger partial charge < -0.3 is 15.4 Å². The minimum atomic E-state index is -0.415. The van der Waals surface area contributed by atoms with Crippen LogP contribution >= 0.6 is 11.6 Å². The van der Waals surface area contributed by atoms with Crippen LogP contribution in [0.3, 0.4) is 0 Å². The molecule has 4 rings (SSSR count). The van der Waals surface area contributed by atoms with Gasteiger partial charge in [-0.05, 0) is 61.0 Å². The smallest absolute Gasteiger partial charge is 0.237 e. The van der Waals surface area contributed by atoms with Crippen LogP contribution < -0.4 is 10.6 Å². The normalized spacial score (nSPS) is 19.3.